The van der Waals surface area contributed by atoms with E-state index in [4.69, 9.17) is 14.2 Å². The van der Waals surface area contributed by atoms with E-state index in [-0.39, 0.29) is 31.1 Å². The highest BCUT2D eigenvalue weighted by Crippen LogP contribution is 2.18. The summed E-state index contributed by atoms with van der Waals surface area (Å²) in [4.78, 5) is 38.1. The van der Waals surface area contributed by atoms with Gasteiger partial charge in [0, 0.05) is 19.3 Å². The van der Waals surface area contributed by atoms with Crippen LogP contribution in [-0.4, -0.2) is 37.2 Å². The first-order valence-corrected chi connectivity index (χ1v) is 27.7. The summed E-state index contributed by atoms with van der Waals surface area (Å²) >= 11 is 0. The molecule has 0 aliphatic carbocycles. The van der Waals surface area contributed by atoms with Crippen molar-refractivity contribution in [2.24, 2.45) is 11.8 Å². The fourth-order valence-corrected chi connectivity index (χ4v) is 8.52. The van der Waals surface area contributed by atoms with Gasteiger partial charge in [0.05, 0.1) is 0 Å². The van der Waals surface area contributed by atoms with Crippen LogP contribution in [0, 0.1) is 11.8 Å². The molecule has 0 spiro atoms. The number of unbranched alkanes of at least 4 members (excludes halogenated alkanes) is 35. The average Bonchev–Trinajstić information content (AvgIpc) is 3.24. The highest BCUT2D eigenvalue weighted by Gasteiger charge is 2.19. The molecule has 62 heavy (non-hydrogen) atoms. The normalized spacial score (nSPS) is 12.0. The van der Waals surface area contributed by atoms with E-state index in [1.54, 1.807) is 0 Å². The fraction of sp³-hybridized carbons (Fsp3) is 0.946. The van der Waals surface area contributed by atoms with E-state index in [1.165, 1.54) is 199 Å². The van der Waals surface area contributed by atoms with Gasteiger partial charge in [-0.2, -0.15) is 0 Å². The maximum atomic E-state index is 12.8. The first kappa shape index (κ1) is 60.4. The molecule has 0 aromatic rings. The molecule has 0 radical (unpaired) electrons. The van der Waals surface area contributed by atoms with Crippen LogP contribution in [0.25, 0.3) is 0 Å². The van der Waals surface area contributed by atoms with Gasteiger partial charge in [0.15, 0.2) is 6.10 Å². The first-order valence-electron chi connectivity index (χ1n) is 27.7. The van der Waals surface area contributed by atoms with Crippen molar-refractivity contribution in [2.45, 2.75) is 317 Å². The Bertz CT molecular complexity index is 947. The van der Waals surface area contributed by atoms with E-state index < -0.39 is 6.10 Å². The van der Waals surface area contributed by atoms with Crippen molar-refractivity contribution in [1.82, 2.24) is 0 Å². The minimum Gasteiger partial charge on any atom is -0.462 e. The molecule has 0 heterocycles. The first-order chi connectivity index (χ1) is 30.2. The Hall–Kier alpha value is -1.59. The van der Waals surface area contributed by atoms with Gasteiger partial charge < -0.3 is 14.2 Å². The SMILES string of the molecule is CCCCCCCCCCCCCCCCCC(=O)OC[C@@H](COC(=O)CCCCCCCCCCCCCCC(C)C)OC(=O)CCCCCCCCCCCCCC(C)C. The fourth-order valence-electron chi connectivity index (χ4n) is 8.52. The summed E-state index contributed by atoms with van der Waals surface area (Å²) in [5.41, 5.74) is 0. The minimum atomic E-state index is -0.762. The van der Waals surface area contributed by atoms with Crippen LogP contribution >= 0.6 is 0 Å². The summed E-state index contributed by atoms with van der Waals surface area (Å²) in [6, 6.07) is 0. The Balaban J connectivity index is 4.31. The van der Waals surface area contributed by atoms with E-state index in [1.807, 2.05) is 0 Å². The summed E-state index contributed by atoms with van der Waals surface area (Å²) in [7, 11) is 0. The molecule has 0 aliphatic heterocycles. The van der Waals surface area contributed by atoms with Crippen molar-refractivity contribution in [3.63, 3.8) is 0 Å². The van der Waals surface area contributed by atoms with Crippen LogP contribution in [0.3, 0.4) is 0 Å². The predicted molar refractivity (Wildman–Crippen MR) is 266 cm³/mol. The lowest BCUT2D eigenvalue weighted by molar-refractivity contribution is -0.167. The molecule has 6 heteroatoms. The summed E-state index contributed by atoms with van der Waals surface area (Å²) in [6.07, 6.45) is 50.9. The van der Waals surface area contributed by atoms with Gasteiger partial charge in [-0.3, -0.25) is 14.4 Å². The van der Waals surface area contributed by atoms with Gasteiger partial charge in [0.25, 0.3) is 0 Å². The van der Waals surface area contributed by atoms with Gasteiger partial charge in [0.1, 0.15) is 13.2 Å². The second-order valence-corrected chi connectivity index (χ2v) is 20.2. The lowest BCUT2D eigenvalue weighted by Gasteiger charge is -2.18. The zero-order valence-electron chi connectivity index (χ0n) is 42.5. The molecule has 1 atom stereocenters. The van der Waals surface area contributed by atoms with Crippen LogP contribution in [0.4, 0.5) is 0 Å². The van der Waals surface area contributed by atoms with Gasteiger partial charge in [-0.1, -0.05) is 272 Å². The van der Waals surface area contributed by atoms with E-state index in [9.17, 15) is 14.4 Å². The number of hydrogen-bond acceptors (Lipinski definition) is 6. The Morgan fingerprint density at radius 1 is 0.306 bits per heavy atom. The highest BCUT2D eigenvalue weighted by molar-refractivity contribution is 5.71. The molecule has 0 amide bonds. The van der Waals surface area contributed by atoms with Crippen molar-refractivity contribution in [3.05, 3.63) is 0 Å². The van der Waals surface area contributed by atoms with E-state index in [2.05, 4.69) is 34.6 Å². The molecule has 0 N–H and O–H groups in total. The lowest BCUT2D eigenvalue weighted by atomic mass is 10.0. The molecule has 0 unspecified atom stereocenters. The Morgan fingerprint density at radius 2 is 0.532 bits per heavy atom. The molecule has 0 bridgehead atoms. The van der Waals surface area contributed by atoms with Crippen molar-refractivity contribution < 1.29 is 28.6 Å². The third-order valence-corrected chi connectivity index (χ3v) is 12.7. The van der Waals surface area contributed by atoms with E-state index in [0.29, 0.717) is 19.3 Å². The highest BCUT2D eigenvalue weighted by atomic mass is 16.6. The lowest BCUT2D eigenvalue weighted by Crippen LogP contribution is -2.30. The predicted octanol–water partition coefficient (Wildman–Crippen LogP) is 18.1. The second-order valence-electron chi connectivity index (χ2n) is 20.2. The molecule has 368 valence electrons. The summed E-state index contributed by atoms with van der Waals surface area (Å²) < 4.78 is 16.9. The Morgan fingerprint density at radius 3 is 0.790 bits per heavy atom. The minimum absolute atomic E-state index is 0.0630. The molecule has 0 fully saturated rings. The topological polar surface area (TPSA) is 78.9 Å². The van der Waals surface area contributed by atoms with Gasteiger partial charge in [-0.05, 0) is 31.1 Å². The van der Waals surface area contributed by atoms with Crippen LogP contribution in [0.1, 0.15) is 311 Å². The number of ether oxygens (including phenoxy) is 3. The quantitative estimate of drug-likeness (QED) is 0.0344. The summed E-state index contributed by atoms with van der Waals surface area (Å²) in [5.74, 6) is 0.816. The smallest absolute Gasteiger partial charge is 0.306 e. The van der Waals surface area contributed by atoms with Gasteiger partial charge >= 0.3 is 17.9 Å². The number of carbonyl (C=O) groups excluding carboxylic acids is 3. The standard InChI is InChI=1S/C56H108O6/c1-6-7-8-9-10-11-12-13-14-15-21-26-31-36-41-46-54(57)60-49-53(62-56(59)48-43-38-33-28-23-18-20-25-30-35-40-45-52(4)5)50-61-55(58)47-42-37-32-27-22-17-16-19-24-29-34-39-44-51(2)3/h51-53H,6-50H2,1-5H3/t53-/m0/s1. The molecular weight excluding hydrogens is 769 g/mol. The maximum absolute atomic E-state index is 12.8. The third kappa shape index (κ3) is 49.4. The molecule has 0 saturated heterocycles. The number of rotatable bonds is 50. The van der Waals surface area contributed by atoms with Crippen molar-refractivity contribution in [1.29, 1.82) is 0 Å². The monoisotopic (exact) mass is 877 g/mol. The van der Waals surface area contributed by atoms with E-state index in [0.717, 1.165) is 69.6 Å². The summed E-state index contributed by atoms with van der Waals surface area (Å²) in [6.45, 7) is 11.4. The van der Waals surface area contributed by atoms with Crippen molar-refractivity contribution in [3.8, 4) is 0 Å². The Kier molecular flexibility index (Phi) is 47.6. The molecular formula is C56H108O6. The molecule has 0 rings (SSSR count). The van der Waals surface area contributed by atoms with E-state index >= 15 is 0 Å². The van der Waals surface area contributed by atoms with Crippen LogP contribution in [-0.2, 0) is 28.6 Å². The molecule has 0 aliphatic rings. The van der Waals surface area contributed by atoms with Gasteiger partial charge in [0.2, 0.25) is 0 Å². The Labute approximate surface area is 387 Å². The molecule has 0 saturated carbocycles. The zero-order valence-corrected chi connectivity index (χ0v) is 42.5. The van der Waals surface area contributed by atoms with Gasteiger partial charge in [-0.15, -0.1) is 0 Å². The van der Waals surface area contributed by atoms with Gasteiger partial charge in [-0.25, -0.2) is 0 Å². The van der Waals surface area contributed by atoms with Crippen LogP contribution < -0.4 is 0 Å². The van der Waals surface area contributed by atoms with Crippen molar-refractivity contribution in [2.75, 3.05) is 13.2 Å². The summed E-state index contributed by atoms with van der Waals surface area (Å²) in [5, 5.41) is 0. The number of carbonyl (C=O) groups is 3. The number of esters is 3. The zero-order chi connectivity index (χ0) is 45.4. The second kappa shape index (κ2) is 48.9. The average molecular weight is 877 g/mol. The molecule has 0 aromatic carbocycles. The van der Waals surface area contributed by atoms with Crippen LogP contribution in [0.5, 0.6) is 0 Å². The number of hydrogen-bond donors (Lipinski definition) is 0. The van der Waals surface area contributed by atoms with Crippen LogP contribution in [0.2, 0.25) is 0 Å². The molecule has 0 aromatic heterocycles. The largest absolute Gasteiger partial charge is 0.462 e. The van der Waals surface area contributed by atoms with Crippen molar-refractivity contribution >= 4 is 17.9 Å². The molecule has 6 nitrogen and oxygen atoms in total. The van der Waals surface area contributed by atoms with Crippen LogP contribution in [0.15, 0.2) is 0 Å². The maximum Gasteiger partial charge on any atom is 0.306 e. The third-order valence-electron chi connectivity index (χ3n) is 12.7.